The van der Waals surface area contributed by atoms with Gasteiger partial charge in [-0.3, -0.25) is 9.29 Å². The van der Waals surface area contributed by atoms with E-state index in [1.54, 1.807) is 14.2 Å². The summed E-state index contributed by atoms with van der Waals surface area (Å²) >= 11 is 1.42. The fourth-order valence-corrected chi connectivity index (χ4v) is 5.48. The second kappa shape index (κ2) is 13.1. The van der Waals surface area contributed by atoms with Gasteiger partial charge in [0, 0.05) is 24.9 Å². The minimum atomic E-state index is -0.582. The van der Waals surface area contributed by atoms with Crippen molar-refractivity contribution in [2.24, 2.45) is 0 Å². The van der Waals surface area contributed by atoms with Crippen molar-refractivity contribution in [2.75, 3.05) is 43.5 Å². The molecule has 2 aromatic heterocycles. The SMILES string of the molecule is CC.COc1cccc(OC)c1-n1c(NSC2CC(O)CN(c3ncc(F)cn3)C2)nnc1C1CCCO1. The molecule has 0 amide bonds. The van der Waals surface area contributed by atoms with Crippen LogP contribution in [0.2, 0.25) is 0 Å². The van der Waals surface area contributed by atoms with Crippen molar-refractivity contribution in [1.82, 2.24) is 24.7 Å². The first-order valence-electron chi connectivity index (χ1n) is 12.7. The number of ether oxygens (including phenoxy) is 3. The molecule has 4 heterocycles. The van der Waals surface area contributed by atoms with Crippen LogP contribution in [0.15, 0.2) is 30.6 Å². The van der Waals surface area contributed by atoms with Gasteiger partial charge in [-0.1, -0.05) is 19.9 Å². The summed E-state index contributed by atoms with van der Waals surface area (Å²) in [7, 11) is 3.21. The molecule has 0 spiro atoms. The summed E-state index contributed by atoms with van der Waals surface area (Å²) in [5, 5.41) is 19.3. The Balaban J connectivity index is 0.00000164. The molecule has 2 N–H and O–H groups in total. The molecule has 0 saturated carbocycles. The van der Waals surface area contributed by atoms with Gasteiger partial charge in [-0.25, -0.2) is 14.4 Å². The number of hydrogen-bond acceptors (Lipinski definition) is 11. The van der Waals surface area contributed by atoms with Crippen molar-refractivity contribution in [2.45, 2.75) is 50.6 Å². The van der Waals surface area contributed by atoms with E-state index in [0.717, 1.165) is 25.2 Å². The van der Waals surface area contributed by atoms with E-state index in [-0.39, 0.29) is 11.4 Å². The molecule has 2 aliphatic rings. The Bertz CT molecular complexity index is 1150. The van der Waals surface area contributed by atoms with E-state index < -0.39 is 11.9 Å². The largest absolute Gasteiger partial charge is 0.494 e. The summed E-state index contributed by atoms with van der Waals surface area (Å²) in [5.41, 5.74) is 0.672. The Kier molecular flexibility index (Phi) is 9.58. The van der Waals surface area contributed by atoms with Crippen LogP contribution in [-0.2, 0) is 4.74 Å². The van der Waals surface area contributed by atoms with Crippen LogP contribution < -0.4 is 19.1 Å². The van der Waals surface area contributed by atoms with Crippen molar-refractivity contribution in [3.05, 3.63) is 42.2 Å². The highest BCUT2D eigenvalue weighted by Gasteiger charge is 2.31. The summed E-state index contributed by atoms with van der Waals surface area (Å²) < 4.78 is 35.7. The number of benzene rings is 1. The molecule has 13 heteroatoms. The van der Waals surface area contributed by atoms with Crippen molar-refractivity contribution in [3.8, 4) is 17.2 Å². The number of β-amino-alcohol motifs (C(OH)–C–C–N with tert-alkyl or cyclic N) is 1. The van der Waals surface area contributed by atoms with Gasteiger partial charge < -0.3 is 24.2 Å². The molecule has 2 fully saturated rings. The lowest BCUT2D eigenvalue weighted by molar-refractivity contribution is 0.103. The Morgan fingerprint density at radius 2 is 1.82 bits per heavy atom. The molecule has 3 atom stereocenters. The minimum absolute atomic E-state index is 0.0294. The summed E-state index contributed by atoms with van der Waals surface area (Å²) in [4.78, 5) is 9.96. The van der Waals surface area contributed by atoms with E-state index in [1.165, 1.54) is 11.9 Å². The third kappa shape index (κ3) is 6.11. The zero-order valence-corrected chi connectivity index (χ0v) is 22.8. The predicted octanol–water partition coefficient (Wildman–Crippen LogP) is 3.79. The van der Waals surface area contributed by atoms with E-state index in [9.17, 15) is 9.50 Å². The summed E-state index contributed by atoms with van der Waals surface area (Å²) in [5.74, 6) is 2.23. The highest BCUT2D eigenvalue weighted by molar-refractivity contribution is 8.01. The second-order valence-electron chi connectivity index (χ2n) is 8.57. The number of aliphatic hydroxyl groups excluding tert-OH is 1. The number of piperidine rings is 1. The number of methoxy groups -OCH3 is 2. The maximum absolute atomic E-state index is 13.3. The van der Waals surface area contributed by atoms with E-state index in [4.69, 9.17) is 14.2 Å². The van der Waals surface area contributed by atoms with E-state index in [2.05, 4.69) is 24.9 Å². The quantitative estimate of drug-likeness (QED) is 0.401. The van der Waals surface area contributed by atoms with Gasteiger partial charge in [0.2, 0.25) is 11.9 Å². The number of nitrogens with one attached hydrogen (secondary N) is 1. The summed E-state index contributed by atoms with van der Waals surface area (Å²) in [6, 6.07) is 5.56. The van der Waals surface area contributed by atoms with Gasteiger partial charge in [-0.2, -0.15) is 0 Å². The molecule has 206 valence electrons. The molecule has 5 rings (SSSR count). The van der Waals surface area contributed by atoms with E-state index >= 15 is 0 Å². The van der Waals surface area contributed by atoms with Gasteiger partial charge in [-0.15, -0.1) is 10.2 Å². The fraction of sp³-hybridized carbons (Fsp3) is 0.520. The standard InChI is InChI=1S/C23H28FN7O4S.C2H6/c1-33-17-5-3-6-18(34-2)20(17)31-21(19-7-4-8-35-19)27-28-23(31)29-36-16-9-15(32)12-30(13-16)22-25-10-14(24)11-26-22;1-2/h3,5-6,10-11,15-16,19,32H,4,7-9,12-13H2,1-2H3,(H,28,29);1-2H3. The lowest BCUT2D eigenvalue weighted by Crippen LogP contribution is -2.45. The maximum Gasteiger partial charge on any atom is 0.239 e. The number of hydrogen-bond donors (Lipinski definition) is 2. The van der Waals surface area contributed by atoms with Gasteiger partial charge in [0.25, 0.3) is 0 Å². The fourth-order valence-electron chi connectivity index (χ4n) is 4.51. The maximum atomic E-state index is 13.3. The van der Waals surface area contributed by atoms with Gasteiger partial charge in [0.05, 0.1) is 32.7 Å². The highest BCUT2D eigenvalue weighted by Crippen LogP contribution is 2.39. The van der Waals surface area contributed by atoms with Crippen LogP contribution in [0.4, 0.5) is 16.3 Å². The zero-order chi connectivity index (χ0) is 27.1. The normalized spacial score (nSPS) is 21.0. The average molecular weight is 548 g/mol. The first-order valence-corrected chi connectivity index (χ1v) is 13.6. The second-order valence-corrected chi connectivity index (χ2v) is 9.67. The number of aromatic nitrogens is 5. The van der Waals surface area contributed by atoms with Crippen molar-refractivity contribution in [1.29, 1.82) is 0 Å². The van der Waals surface area contributed by atoms with Crippen LogP contribution >= 0.6 is 11.9 Å². The minimum Gasteiger partial charge on any atom is -0.494 e. The third-order valence-corrected chi connectivity index (χ3v) is 7.10. The molecule has 3 unspecified atom stereocenters. The van der Waals surface area contributed by atoms with Crippen molar-refractivity contribution < 1.29 is 23.7 Å². The molecule has 0 radical (unpaired) electrons. The van der Waals surface area contributed by atoms with Gasteiger partial charge in [0.15, 0.2) is 11.6 Å². The Labute approximate surface area is 225 Å². The van der Waals surface area contributed by atoms with Crippen LogP contribution in [0.25, 0.3) is 5.69 Å². The average Bonchev–Trinajstić information content (AvgIpc) is 3.62. The Morgan fingerprint density at radius 1 is 1.11 bits per heavy atom. The number of rotatable bonds is 8. The van der Waals surface area contributed by atoms with Crippen LogP contribution in [0.5, 0.6) is 11.5 Å². The van der Waals surface area contributed by atoms with Gasteiger partial charge in [0.1, 0.15) is 23.3 Å². The molecule has 2 aliphatic heterocycles. The van der Waals surface area contributed by atoms with Crippen LogP contribution in [0, 0.1) is 5.82 Å². The first kappa shape index (κ1) is 27.9. The topological polar surface area (TPSA) is 120 Å². The molecule has 2 saturated heterocycles. The molecular weight excluding hydrogens is 513 g/mol. The molecule has 0 aliphatic carbocycles. The molecule has 38 heavy (non-hydrogen) atoms. The van der Waals surface area contributed by atoms with Crippen molar-refractivity contribution >= 4 is 23.8 Å². The molecule has 0 bridgehead atoms. The number of nitrogens with zero attached hydrogens (tertiary/aromatic N) is 6. The summed E-state index contributed by atoms with van der Waals surface area (Å²) in [6.07, 6.45) is 3.80. The lowest BCUT2D eigenvalue weighted by atomic mass is 10.1. The van der Waals surface area contributed by atoms with E-state index in [1.807, 2.05) is 41.5 Å². The summed E-state index contributed by atoms with van der Waals surface area (Å²) in [6.45, 7) is 5.60. The number of halogens is 1. The molecule has 11 nitrogen and oxygen atoms in total. The number of para-hydroxylation sites is 1. The van der Waals surface area contributed by atoms with E-state index in [0.29, 0.717) is 61.0 Å². The first-order chi connectivity index (χ1) is 18.6. The van der Waals surface area contributed by atoms with Crippen LogP contribution in [-0.4, -0.2) is 75.1 Å². The van der Waals surface area contributed by atoms with Gasteiger partial charge in [-0.05, 0) is 43.3 Å². The zero-order valence-electron chi connectivity index (χ0n) is 22.0. The molecule has 3 aromatic rings. The van der Waals surface area contributed by atoms with Gasteiger partial charge >= 0.3 is 0 Å². The Morgan fingerprint density at radius 3 is 2.45 bits per heavy atom. The monoisotopic (exact) mass is 547 g/mol. The number of aliphatic hydroxyl groups is 1. The van der Waals surface area contributed by atoms with Crippen molar-refractivity contribution in [3.63, 3.8) is 0 Å². The smallest absolute Gasteiger partial charge is 0.239 e. The predicted molar refractivity (Wildman–Crippen MR) is 144 cm³/mol. The lowest BCUT2D eigenvalue weighted by Gasteiger charge is -2.35. The molecular formula is C25H34FN7O4S. The third-order valence-electron chi connectivity index (χ3n) is 6.13. The van der Waals surface area contributed by atoms with Crippen LogP contribution in [0.3, 0.4) is 0 Å². The molecule has 1 aromatic carbocycles. The number of anilines is 2. The van der Waals surface area contributed by atoms with Crippen LogP contribution in [0.1, 0.15) is 45.0 Å². The Hall–Kier alpha value is -3.16. The highest BCUT2D eigenvalue weighted by atomic mass is 32.2.